The van der Waals surface area contributed by atoms with Gasteiger partial charge in [0.25, 0.3) is 0 Å². The van der Waals surface area contributed by atoms with Crippen LogP contribution >= 0.6 is 12.2 Å². The van der Waals surface area contributed by atoms with Crippen LogP contribution in [0.3, 0.4) is 0 Å². The van der Waals surface area contributed by atoms with Crippen molar-refractivity contribution in [1.82, 2.24) is 4.90 Å². The minimum absolute atomic E-state index is 0.686. The largest absolute Gasteiger partial charge is 0.384 e. The van der Waals surface area contributed by atoms with E-state index in [-0.39, 0.29) is 0 Å². The normalized spacial score (nSPS) is 16.6. The third-order valence-corrected chi connectivity index (χ3v) is 3.69. The van der Waals surface area contributed by atoms with Gasteiger partial charge in [-0.05, 0) is 43.1 Å². The molecule has 1 aromatic carbocycles. The molecule has 0 aromatic heterocycles. The van der Waals surface area contributed by atoms with Gasteiger partial charge in [0.1, 0.15) is 0 Å². The van der Waals surface area contributed by atoms with Crippen LogP contribution in [0.1, 0.15) is 12.8 Å². The highest BCUT2D eigenvalue weighted by atomic mass is 32.1. The molecule has 18 heavy (non-hydrogen) atoms. The lowest BCUT2D eigenvalue weighted by Crippen LogP contribution is -2.41. The van der Waals surface area contributed by atoms with Crippen LogP contribution in [-0.2, 0) is 4.74 Å². The molecule has 0 aliphatic carbocycles. The first-order valence-electron chi connectivity index (χ1n) is 6.39. The van der Waals surface area contributed by atoms with Gasteiger partial charge in [0.2, 0.25) is 0 Å². The predicted octanol–water partition coefficient (Wildman–Crippen LogP) is 2.74. The van der Waals surface area contributed by atoms with Crippen LogP contribution in [0.2, 0.25) is 0 Å². The number of ether oxygens (including phenoxy) is 1. The maximum atomic E-state index is 5.44. The van der Waals surface area contributed by atoms with Crippen molar-refractivity contribution < 1.29 is 4.74 Å². The third kappa shape index (κ3) is 3.68. The smallest absolute Gasteiger partial charge is 0.173 e. The van der Waals surface area contributed by atoms with E-state index in [2.05, 4.69) is 10.2 Å². The summed E-state index contributed by atoms with van der Waals surface area (Å²) in [6.45, 7) is 2.91. The van der Waals surface area contributed by atoms with Crippen LogP contribution in [0.5, 0.6) is 0 Å². The highest BCUT2D eigenvalue weighted by Gasteiger charge is 2.20. The van der Waals surface area contributed by atoms with Crippen LogP contribution in [0.15, 0.2) is 30.3 Å². The molecule has 1 aromatic rings. The number of nitrogens with one attached hydrogen (secondary N) is 1. The molecular formula is C14H20N2OS. The molecule has 0 bridgehead atoms. The summed E-state index contributed by atoms with van der Waals surface area (Å²) >= 11 is 5.44. The maximum absolute atomic E-state index is 5.44. The number of nitrogens with zero attached hydrogens (tertiary/aromatic N) is 1. The summed E-state index contributed by atoms with van der Waals surface area (Å²) < 4.78 is 5.21. The van der Waals surface area contributed by atoms with E-state index in [0.717, 1.165) is 43.3 Å². The Kier molecular flexibility index (Phi) is 4.96. The first-order chi connectivity index (χ1) is 8.79. The van der Waals surface area contributed by atoms with Gasteiger partial charge in [-0.25, -0.2) is 0 Å². The van der Waals surface area contributed by atoms with Crippen molar-refractivity contribution in [2.24, 2.45) is 5.92 Å². The summed E-state index contributed by atoms with van der Waals surface area (Å²) in [7, 11) is 1.77. The van der Waals surface area contributed by atoms with Gasteiger partial charge in [0.05, 0.1) is 0 Å². The van der Waals surface area contributed by atoms with Crippen LogP contribution < -0.4 is 5.32 Å². The molecule has 0 unspecified atom stereocenters. The summed E-state index contributed by atoms with van der Waals surface area (Å²) in [6, 6.07) is 10.1. The quantitative estimate of drug-likeness (QED) is 0.849. The van der Waals surface area contributed by atoms with Crippen molar-refractivity contribution >= 4 is 23.0 Å². The maximum Gasteiger partial charge on any atom is 0.173 e. The number of benzene rings is 1. The zero-order valence-electron chi connectivity index (χ0n) is 10.8. The fourth-order valence-electron chi connectivity index (χ4n) is 2.26. The fourth-order valence-corrected chi connectivity index (χ4v) is 2.56. The van der Waals surface area contributed by atoms with E-state index < -0.39 is 0 Å². The van der Waals surface area contributed by atoms with E-state index in [1.165, 1.54) is 0 Å². The van der Waals surface area contributed by atoms with E-state index in [0.29, 0.717) is 5.92 Å². The molecule has 0 radical (unpaired) electrons. The van der Waals surface area contributed by atoms with Gasteiger partial charge in [-0.2, -0.15) is 0 Å². The van der Waals surface area contributed by atoms with Crippen molar-refractivity contribution in [3.05, 3.63) is 30.3 Å². The molecule has 1 aliphatic rings. The van der Waals surface area contributed by atoms with Gasteiger partial charge in [0, 0.05) is 32.5 Å². The van der Waals surface area contributed by atoms with E-state index in [9.17, 15) is 0 Å². The van der Waals surface area contributed by atoms with Gasteiger partial charge < -0.3 is 15.0 Å². The zero-order valence-corrected chi connectivity index (χ0v) is 11.6. The topological polar surface area (TPSA) is 24.5 Å². The number of hydrogen-bond acceptors (Lipinski definition) is 2. The minimum atomic E-state index is 0.686. The SMILES string of the molecule is COCC1CCN(C(=S)Nc2ccccc2)CC1. The van der Waals surface area contributed by atoms with Crippen molar-refractivity contribution in [1.29, 1.82) is 0 Å². The molecule has 0 saturated carbocycles. The number of rotatable bonds is 3. The second-order valence-corrected chi connectivity index (χ2v) is 5.07. The Morgan fingerprint density at radius 1 is 1.33 bits per heavy atom. The molecule has 1 heterocycles. The van der Waals surface area contributed by atoms with Crippen molar-refractivity contribution in [2.45, 2.75) is 12.8 Å². The van der Waals surface area contributed by atoms with Gasteiger partial charge >= 0.3 is 0 Å². The molecule has 4 heteroatoms. The fraction of sp³-hybridized carbons (Fsp3) is 0.500. The molecule has 2 rings (SSSR count). The molecule has 1 aliphatic heterocycles. The Hall–Kier alpha value is -1.13. The number of thiocarbonyl (C=S) groups is 1. The van der Waals surface area contributed by atoms with Crippen LogP contribution in [0.4, 0.5) is 5.69 Å². The molecule has 0 atom stereocenters. The Balaban J connectivity index is 1.81. The van der Waals surface area contributed by atoms with E-state index >= 15 is 0 Å². The molecule has 0 amide bonds. The molecule has 1 N–H and O–H groups in total. The highest BCUT2D eigenvalue weighted by Crippen LogP contribution is 2.18. The molecule has 1 fully saturated rings. The van der Waals surface area contributed by atoms with Crippen molar-refractivity contribution in [3.8, 4) is 0 Å². The van der Waals surface area contributed by atoms with Gasteiger partial charge in [-0.3, -0.25) is 0 Å². The number of piperidine rings is 1. The van der Waals surface area contributed by atoms with Crippen molar-refractivity contribution in [2.75, 3.05) is 32.1 Å². The van der Waals surface area contributed by atoms with Crippen LogP contribution in [0, 0.1) is 5.92 Å². The molecule has 3 nitrogen and oxygen atoms in total. The molecule has 1 saturated heterocycles. The van der Waals surface area contributed by atoms with Crippen molar-refractivity contribution in [3.63, 3.8) is 0 Å². The standard InChI is InChI=1S/C14H20N2OS/c1-17-11-12-7-9-16(10-8-12)14(18)15-13-5-3-2-4-6-13/h2-6,12H,7-11H2,1H3,(H,15,18). The Morgan fingerprint density at radius 2 is 2.00 bits per heavy atom. The zero-order chi connectivity index (χ0) is 12.8. The average molecular weight is 264 g/mol. The number of likely N-dealkylation sites (tertiary alicyclic amines) is 1. The van der Waals surface area contributed by atoms with Gasteiger partial charge in [-0.15, -0.1) is 0 Å². The molecular weight excluding hydrogens is 244 g/mol. The lowest BCUT2D eigenvalue weighted by Gasteiger charge is -2.33. The summed E-state index contributed by atoms with van der Waals surface area (Å²) in [5, 5.41) is 4.12. The number of hydrogen-bond donors (Lipinski definition) is 1. The lowest BCUT2D eigenvalue weighted by molar-refractivity contribution is 0.119. The van der Waals surface area contributed by atoms with Crippen LogP contribution in [-0.4, -0.2) is 36.8 Å². The summed E-state index contributed by atoms with van der Waals surface area (Å²) in [6.07, 6.45) is 2.31. The average Bonchev–Trinajstić information content (AvgIpc) is 2.41. The third-order valence-electron chi connectivity index (χ3n) is 3.33. The first-order valence-corrected chi connectivity index (χ1v) is 6.80. The summed E-state index contributed by atoms with van der Waals surface area (Å²) in [5.41, 5.74) is 1.06. The summed E-state index contributed by atoms with van der Waals surface area (Å²) in [5.74, 6) is 0.686. The predicted molar refractivity (Wildman–Crippen MR) is 78.8 cm³/mol. The Morgan fingerprint density at radius 3 is 2.61 bits per heavy atom. The molecule has 98 valence electrons. The number of anilines is 1. The van der Waals surface area contributed by atoms with E-state index in [1.54, 1.807) is 7.11 Å². The van der Waals surface area contributed by atoms with E-state index in [4.69, 9.17) is 17.0 Å². The highest BCUT2D eigenvalue weighted by molar-refractivity contribution is 7.80. The first kappa shape index (κ1) is 13.3. The Bertz CT molecular complexity index is 375. The van der Waals surface area contributed by atoms with Gasteiger partial charge in [-0.1, -0.05) is 18.2 Å². The van der Waals surface area contributed by atoms with Crippen LogP contribution in [0.25, 0.3) is 0 Å². The van der Waals surface area contributed by atoms with E-state index in [1.807, 2.05) is 30.3 Å². The second kappa shape index (κ2) is 6.71. The summed E-state index contributed by atoms with van der Waals surface area (Å²) in [4.78, 5) is 2.24. The monoisotopic (exact) mass is 264 g/mol. The Labute approximate surface area is 114 Å². The second-order valence-electron chi connectivity index (χ2n) is 4.68. The number of para-hydroxylation sites is 1. The minimum Gasteiger partial charge on any atom is -0.384 e. The van der Waals surface area contributed by atoms with Gasteiger partial charge in [0.15, 0.2) is 5.11 Å². The number of methoxy groups -OCH3 is 1. The molecule has 0 spiro atoms. The lowest BCUT2D eigenvalue weighted by atomic mass is 9.98.